The van der Waals surface area contributed by atoms with Crippen LogP contribution in [0, 0.1) is 6.92 Å². The van der Waals surface area contributed by atoms with Crippen LogP contribution in [0.3, 0.4) is 0 Å². The van der Waals surface area contributed by atoms with Crippen molar-refractivity contribution in [2.45, 2.75) is 26.3 Å². The summed E-state index contributed by atoms with van der Waals surface area (Å²) in [5, 5.41) is 3.40. The Morgan fingerprint density at radius 2 is 1.96 bits per heavy atom. The second-order valence-corrected chi connectivity index (χ2v) is 6.76. The molecule has 1 atom stereocenters. The molecule has 28 heavy (non-hydrogen) atoms. The van der Waals surface area contributed by atoms with Crippen molar-refractivity contribution in [3.63, 3.8) is 0 Å². The number of pyridine rings is 1. The maximum Gasteiger partial charge on any atom is 0.290 e. The minimum atomic E-state index is -0.0771. The molecule has 1 aliphatic heterocycles. The number of aromatic nitrogens is 1. The van der Waals surface area contributed by atoms with Crippen molar-refractivity contribution in [3.05, 3.63) is 65.0 Å². The third-order valence-electron chi connectivity index (χ3n) is 5.00. The highest BCUT2D eigenvalue weighted by molar-refractivity contribution is 5.95. The molecule has 150 valence electrons. The van der Waals surface area contributed by atoms with Gasteiger partial charge >= 0.3 is 0 Å². The van der Waals surface area contributed by atoms with E-state index in [1.54, 1.807) is 6.07 Å². The Kier molecular flexibility index (Phi) is 7.47. The summed E-state index contributed by atoms with van der Waals surface area (Å²) in [7, 11) is 0. The molecule has 1 unspecified atom stereocenters. The number of nitrogens with one attached hydrogen (secondary N) is 1. The van der Waals surface area contributed by atoms with Crippen molar-refractivity contribution in [3.8, 4) is 0 Å². The zero-order valence-electron chi connectivity index (χ0n) is 16.0. The van der Waals surface area contributed by atoms with Gasteiger partial charge in [-0.05, 0) is 36.6 Å². The van der Waals surface area contributed by atoms with Gasteiger partial charge in [-0.2, -0.15) is 0 Å². The van der Waals surface area contributed by atoms with Gasteiger partial charge in [0, 0.05) is 31.4 Å². The molecule has 0 radical (unpaired) electrons. The van der Waals surface area contributed by atoms with Crippen LogP contribution in [0.15, 0.2) is 46.9 Å². The van der Waals surface area contributed by atoms with E-state index in [9.17, 15) is 4.79 Å². The van der Waals surface area contributed by atoms with Crippen LogP contribution in [0.5, 0.6) is 0 Å². The lowest BCUT2D eigenvalue weighted by Crippen LogP contribution is -2.48. The van der Waals surface area contributed by atoms with Gasteiger partial charge in [-0.1, -0.05) is 31.2 Å². The van der Waals surface area contributed by atoms with E-state index in [1.807, 2.05) is 24.0 Å². The molecule has 3 heterocycles. The molecule has 1 N–H and O–H groups in total. The molecule has 2 aromatic heterocycles. The van der Waals surface area contributed by atoms with E-state index >= 15 is 0 Å². The Bertz CT molecular complexity index is 940. The number of furan rings is 1. The van der Waals surface area contributed by atoms with E-state index in [-0.39, 0.29) is 36.8 Å². The summed E-state index contributed by atoms with van der Waals surface area (Å²) in [4.78, 5) is 19.5. The first kappa shape index (κ1) is 22.2. The number of hydrogen-bond acceptors (Lipinski definition) is 4. The van der Waals surface area contributed by atoms with Gasteiger partial charge in [0.1, 0.15) is 5.52 Å². The topological polar surface area (TPSA) is 58.4 Å². The fourth-order valence-electron chi connectivity index (χ4n) is 3.49. The van der Waals surface area contributed by atoms with Crippen molar-refractivity contribution in [1.82, 2.24) is 15.2 Å². The first-order valence-corrected chi connectivity index (χ1v) is 9.13. The molecule has 0 saturated carbocycles. The maximum atomic E-state index is 13.1. The van der Waals surface area contributed by atoms with Crippen LogP contribution in [-0.4, -0.2) is 35.4 Å². The number of rotatable bonds is 3. The molecule has 5 nitrogen and oxygen atoms in total. The van der Waals surface area contributed by atoms with Gasteiger partial charge in [0.25, 0.3) is 5.91 Å². The summed E-state index contributed by atoms with van der Waals surface area (Å²) in [6, 6.07) is 14.0. The Balaban J connectivity index is 0.00000140. The van der Waals surface area contributed by atoms with Gasteiger partial charge in [-0.15, -0.1) is 24.8 Å². The molecule has 4 rings (SSSR count). The van der Waals surface area contributed by atoms with E-state index < -0.39 is 0 Å². The van der Waals surface area contributed by atoms with Crippen LogP contribution in [0.25, 0.3) is 11.1 Å². The lowest BCUT2D eigenvalue weighted by Gasteiger charge is -2.36. The Hall–Kier alpha value is -2.08. The monoisotopic (exact) mass is 421 g/mol. The van der Waals surface area contributed by atoms with Crippen molar-refractivity contribution in [1.29, 1.82) is 0 Å². The van der Waals surface area contributed by atoms with E-state index in [0.29, 0.717) is 17.9 Å². The number of carbonyl (C=O) groups is 1. The SMILES string of the molecule is CCc1ccc(C2CNCCN2C(=O)c2cc3nc(C)ccc3o2)cc1.Cl.Cl. The minimum Gasteiger partial charge on any atom is -0.449 e. The van der Waals surface area contributed by atoms with Crippen LogP contribution in [0.1, 0.15) is 40.3 Å². The number of fused-ring (bicyclic) bond motifs is 1. The molecule has 1 aliphatic rings. The summed E-state index contributed by atoms with van der Waals surface area (Å²) in [5.41, 5.74) is 4.74. The van der Waals surface area contributed by atoms with Gasteiger partial charge < -0.3 is 14.6 Å². The third kappa shape index (κ3) is 4.32. The Labute approximate surface area is 177 Å². The van der Waals surface area contributed by atoms with E-state index in [4.69, 9.17) is 4.42 Å². The van der Waals surface area contributed by atoms with Crippen molar-refractivity contribution < 1.29 is 9.21 Å². The number of aryl methyl sites for hydroxylation is 2. The highest BCUT2D eigenvalue weighted by Crippen LogP contribution is 2.27. The second kappa shape index (κ2) is 9.41. The van der Waals surface area contributed by atoms with Gasteiger partial charge in [-0.25, -0.2) is 4.98 Å². The zero-order valence-corrected chi connectivity index (χ0v) is 17.6. The third-order valence-corrected chi connectivity index (χ3v) is 5.00. The van der Waals surface area contributed by atoms with Crippen LogP contribution in [0.4, 0.5) is 0 Å². The maximum absolute atomic E-state index is 13.1. The average molecular weight is 422 g/mol. The molecule has 7 heteroatoms. The standard InChI is InChI=1S/C21H23N3O2.2ClH/c1-3-15-5-7-16(8-6-15)18-13-22-10-11-24(18)21(25)20-12-17-19(26-20)9-4-14(2)23-17;;/h4-9,12,18,22H,3,10-11,13H2,1-2H3;2*1H. The van der Waals surface area contributed by atoms with Gasteiger partial charge in [0.2, 0.25) is 0 Å². The Morgan fingerprint density at radius 3 is 2.68 bits per heavy atom. The number of piperazine rings is 1. The lowest BCUT2D eigenvalue weighted by atomic mass is 10.0. The predicted molar refractivity (Wildman–Crippen MR) is 116 cm³/mol. The number of benzene rings is 1. The van der Waals surface area contributed by atoms with Crippen LogP contribution < -0.4 is 5.32 Å². The highest BCUT2D eigenvalue weighted by atomic mass is 35.5. The quantitative estimate of drug-likeness (QED) is 0.683. The fraction of sp³-hybridized carbons (Fsp3) is 0.333. The lowest BCUT2D eigenvalue weighted by molar-refractivity contribution is 0.0604. The summed E-state index contributed by atoms with van der Waals surface area (Å²) in [6.45, 7) is 6.26. The van der Waals surface area contributed by atoms with Gasteiger partial charge in [0.05, 0.1) is 6.04 Å². The van der Waals surface area contributed by atoms with Crippen molar-refractivity contribution in [2.75, 3.05) is 19.6 Å². The highest BCUT2D eigenvalue weighted by Gasteiger charge is 2.30. The predicted octanol–water partition coefficient (Wildman–Crippen LogP) is 4.33. The molecule has 1 fully saturated rings. The number of nitrogens with zero attached hydrogens (tertiary/aromatic N) is 2. The largest absolute Gasteiger partial charge is 0.449 e. The molecular formula is C21H25Cl2N3O2. The molecule has 1 aromatic carbocycles. The van der Waals surface area contributed by atoms with Crippen molar-refractivity contribution >= 4 is 41.8 Å². The summed E-state index contributed by atoms with van der Waals surface area (Å²) in [6.07, 6.45) is 1.01. The van der Waals surface area contributed by atoms with Gasteiger partial charge in [-0.3, -0.25) is 4.79 Å². The van der Waals surface area contributed by atoms with Crippen LogP contribution in [0.2, 0.25) is 0 Å². The summed E-state index contributed by atoms with van der Waals surface area (Å²) in [5.74, 6) is 0.280. The van der Waals surface area contributed by atoms with Gasteiger partial charge in [0.15, 0.2) is 11.3 Å². The summed E-state index contributed by atoms with van der Waals surface area (Å²) < 4.78 is 5.78. The molecule has 0 aliphatic carbocycles. The summed E-state index contributed by atoms with van der Waals surface area (Å²) >= 11 is 0. The average Bonchev–Trinajstić information content (AvgIpc) is 3.10. The minimum absolute atomic E-state index is 0. The Morgan fingerprint density at radius 1 is 1.21 bits per heavy atom. The number of carbonyl (C=O) groups excluding carboxylic acids is 1. The molecule has 1 saturated heterocycles. The second-order valence-electron chi connectivity index (χ2n) is 6.76. The van der Waals surface area contributed by atoms with Crippen molar-refractivity contribution in [2.24, 2.45) is 0 Å². The molecule has 0 spiro atoms. The molecular weight excluding hydrogens is 397 g/mol. The molecule has 1 amide bonds. The van der Waals surface area contributed by atoms with Crippen LogP contribution in [-0.2, 0) is 6.42 Å². The van der Waals surface area contributed by atoms with E-state index in [2.05, 4.69) is 41.5 Å². The first-order chi connectivity index (χ1) is 12.7. The first-order valence-electron chi connectivity index (χ1n) is 9.13. The smallest absolute Gasteiger partial charge is 0.290 e. The number of amides is 1. The van der Waals surface area contributed by atoms with Crippen LogP contribution >= 0.6 is 24.8 Å². The van der Waals surface area contributed by atoms with E-state index in [1.165, 1.54) is 5.56 Å². The fourth-order valence-corrected chi connectivity index (χ4v) is 3.49. The number of hydrogen-bond donors (Lipinski definition) is 1. The number of halogens is 2. The molecule has 0 bridgehead atoms. The van der Waals surface area contributed by atoms with E-state index in [0.717, 1.165) is 36.3 Å². The molecule has 3 aromatic rings. The zero-order chi connectivity index (χ0) is 18.1. The normalized spacial score (nSPS) is 16.4.